The summed E-state index contributed by atoms with van der Waals surface area (Å²) in [4.78, 5) is 4.54. The molecule has 0 saturated carbocycles. The van der Waals surface area contributed by atoms with Crippen molar-refractivity contribution < 1.29 is 0 Å². The Bertz CT molecular complexity index is 856. The van der Waals surface area contributed by atoms with E-state index in [2.05, 4.69) is 31.0 Å². The molecule has 0 amide bonds. The zero-order valence-electron chi connectivity index (χ0n) is 11.2. The molecule has 3 rings (SSSR count). The molecule has 4 heteroatoms. The van der Waals surface area contributed by atoms with Gasteiger partial charge in [0, 0.05) is 22.8 Å². The average Bonchev–Trinajstić information content (AvgIpc) is 2.79. The topological polar surface area (TPSA) is 41.1 Å². The number of fused-ring (bicyclic) bond motifs is 1. The number of aromatic nitrogens is 2. The zero-order chi connectivity index (χ0) is 14.3. The summed E-state index contributed by atoms with van der Waals surface area (Å²) in [6.45, 7) is 4.12. The first-order valence-corrected chi connectivity index (χ1v) is 6.63. The van der Waals surface area contributed by atoms with Crippen LogP contribution in [0.2, 0.25) is 5.02 Å². The number of nitriles is 1. The van der Waals surface area contributed by atoms with Crippen LogP contribution in [0, 0.1) is 25.2 Å². The lowest BCUT2D eigenvalue weighted by Crippen LogP contribution is -1.89. The summed E-state index contributed by atoms with van der Waals surface area (Å²) in [6, 6.07) is 11.8. The van der Waals surface area contributed by atoms with Crippen molar-refractivity contribution in [2.45, 2.75) is 13.8 Å². The summed E-state index contributed by atoms with van der Waals surface area (Å²) in [5, 5.41) is 10.0. The number of aryl methyl sites for hydroxylation is 2. The number of hydrogen-bond acceptors (Lipinski definition) is 2. The molecular weight excluding hydrogens is 270 g/mol. The molecule has 2 aromatic heterocycles. The summed E-state index contributed by atoms with van der Waals surface area (Å²) < 4.78 is 1.76. The van der Waals surface area contributed by atoms with Gasteiger partial charge in [0.05, 0.1) is 0 Å². The average molecular weight is 282 g/mol. The Morgan fingerprint density at radius 2 is 1.95 bits per heavy atom. The Hall–Kier alpha value is -2.31. The largest absolute Gasteiger partial charge is 0.291 e. The molecule has 20 heavy (non-hydrogen) atoms. The molecule has 0 atom stereocenters. The van der Waals surface area contributed by atoms with E-state index in [4.69, 9.17) is 11.6 Å². The highest BCUT2D eigenvalue weighted by molar-refractivity contribution is 6.30. The van der Waals surface area contributed by atoms with Gasteiger partial charge in [-0.05, 0) is 37.1 Å². The Labute approximate surface area is 122 Å². The fourth-order valence-electron chi connectivity index (χ4n) is 2.22. The Balaban J connectivity index is 2.30. The SMILES string of the molecule is Cc1ccc(-c2nc3cc(Cl)ccn3c2C#N)cc1C. The molecule has 0 unspecified atom stereocenters. The second-order valence-electron chi connectivity index (χ2n) is 4.79. The van der Waals surface area contributed by atoms with Gasteiger partial charge >= 0.3 is 0 Å². The van der Waals surface area contributed by atoms with E-state index < -0.39 is 0 Å². The summed E-state index contributed by atoms with van der Waals surface area (Å²) in [6.07, 6.45) is 1.77. The molecule has 0 radical (unpaired) electrons. The van der Waals surface area contributed by atoms with E-state index >= 15 is 0 Å². The first-order valence-electron chi connectivity index (χ1n) is 6.25. The second kappa shape index (κ2) is 4.66. The fraction of sp³-hybridized carbons (Fsp3) is 0.125. The number of halogens is 1. The van der Waals surface area contributed by atoms with Crippen LogP contribution in [-0.2, 0) is 0 Å². The van der Waals surface area contributed by atoms with Crippen molar-refractivity contribution in [1.29, 1.82) is 5.26 Å². The van der Waals surface area contributed by atoms with Crippen LogP contribution in [0.15, 0.2) is 36.5 Å². The molecule has 3 nitrogen and oxygen atoms in total. The Morgan fingerprint density at radius 1 is 1.15 bits per heavy atom. The van der Waals surface area contributed by atoms with Crippen molar-refractivity contribution in [1.82, 2.24) is 9.38 Å². The van der Waals surface area contributed by atoms with Gasteiger partial charge in [-0.2, -0.15) is 5.26 Å². The van der Waals surface area contributed by atoms with E-state index in [0.717, 1.165) is 5.56 Å². The maximum Gasteiger partial charge on any atom is 0.152 e. The van der Waals surface area contributed by atoms with Gasteiger partial charge in [-0.1, -0.05) is 23.7 Å². The molecule has 0 aliphatic heterocycles. The second-order valence-corrected chi connectivity index (χ2v) is 5.23. The van der Waals surface area contributed by atoms with Crippen LogP contribution in [0.1, 0.15) is 16.8 Å². The van der Waals surface area contributed by atoms with Gasteiger partial charge in [0.25, 0.3) is 0 Å². The van der Waals surface area contributed by atoms with Gasteiger partial charge < -0.3 is 0 Å². The molecule has 0 N–H and O–H groups in total. The van der Waals surface area contributed by atoms with Crippen LogP contribution < -0.4 is 0 Å². The summed E-state index contributed by atoms with van der Waals surface area (Å²) in [5.41, 5.74) is 5.25. The van der Waals surface area contributed by atoms with Crippen molar-refractivity contribution in [3.63, 3.8) is 0 Å². The summed E-state index contributed by atoms with van der Waals surface area (Å²) in [7, 11) is 0. The van der Waals surface area contributed by atoms with Crippen molar-refractivity contribution in [2.24, 2.45) is 0 Å². The molecule has 0 aliphatic carbocycles. The lowest BCUT2D eigenvalue weighted by atomic mass is 10.0. The van der Waals surface area contributed by atoms with Gasteiger partial charge in [-0.15, -0.1) is 0 Å². The summed E-state index contributed by atoms with van der Waals surface area (Å²) in [5.74, 6) is 0. The van der Waals surface area contributed by atoms with E-state index in [1.165, 1.54) is 11.1 Å². The van der Waals surface area contributed by atoms with E-state index in [0.29, 0.717) is 22.1 Å². The molecule has 0 aliphatic rings. The quantitative estimate of drug-likeness (QED) is 0.672. The van der Waals surface area contributed by atoms with Crippen LogP contribution in [0.4, 0.5) is 0 Å². The molecular formula is C16H12ClN3. The van der Waals surface area contributed by atoms with E-state index in [-0.39, 0.29) is 0 Å². The first-order chi connectivity index (χ1) is 9.60. The highest BCUT2D eigenvalue weighted by Crippen LogP contribution is 2.26. The van der Waals surface area contributed by atoms with Crippen molar-refractivity contribution in [2.75, 3.05) is 0 Å². The highest BCUT2D eigenvalue weighted by atomic mass is 35.5. The van der Waals surface area contributed by atoms with Gasteiger partial charge in [0.15, 0.2) is 5.69 Å². The highest BCUT2D eigenvalue weighted by Gasteiger charge is 2.14. The van der Waals surface area contributed by atoms with E-state index in [1.54, 1.807) is 22.7 Å². The van der Waals surface area contributed by atoms with E-state index in [9.17, 15) is 5.26 Å². The maximum atomic E-state index is 9.42. The lowest BCUT2D eigenvalue weighted by molar-refractivity contribution is 1.15. The molecule has 0 spiro atoms. The monoisotopic (exact) mass is 281 g/mol. The standard InChI is InChI=1S/C16H12ClN3/c1-10-3-4-12(7-11(10)2)16-14(9-18)20-6-5-13(17)8-15(20)19-16/h3-8H,1-2H3. The maximum absolute atomic E-state index is 9.42. The Morgan fingerprint density at radius 3 is 2.65 bits per heavy atom. The summed E-state index contributed by atoms with van der Waals surface area (Å²) >= 11 is 5.98. The third kappa shape index (κ3) is 1.95. The van der Waals surface area contributed by atoms with Gasteiger partial charge in [-0.3, -0.25) is 4.40 Å². The molecule has 98 valence electrons. The van der Waals surface area contributed by atoms with E-state index in [1.807, 2.05) is 12.1 Å². The lowest BCUT2D eigenvalue weighted by Gasteiger charge is -2.03. The van der Waals surface area contributed by atoms with Gasteiger partial charge in [0.1, 0.15) is 17.4 Å². The number of hydrogen-bond donors (Lipinski definition) is 0. The number of imidazole rings is 1. The molecule has 1 aromatic carbocycles. The normalized spacial score (nSPS) is 10.7. The fourth-order valence-corrected chi connectivity index (χ4v) is 2.37. The van der Waals surface area contributed by atoms with Gasteiger partial charge in [0.2, 0.25) is 0 Å². The molecule has 3 aromatic rings. The van der Waals surface area contributed by atoms with Crippen LogP contribution in [0.5, 0.6) is 0 Å². The van der Waals surface area contributed by atoms with Crippen molar-refractivity contribution in [3.05, 3.63) is 58.4 Å². The molecule has 0 bridgehead atoms. The smallest absolute Gasteiger partial charge is 0.152 e. The van der Waals surface area contributed by atoms with Crippen LogP contribution in [-0.4, -0.2) is 9.38 Å². The predicted molar refractivity (Wildman–Crippen MR) is 79.8 cm³/mol. The Kier molecular flexibility index (Phi) is 2.96. The van der Waals surface area contributed by atoms with Crippen molar-refractivity contribution >= 4 is 17.2 Å². The minimum absolute atomic E-state index is 0.528. The number of benzene rings is 1. The number of rotatable bonds is 1. The van der Waals surface area contributed by atoms with Crippen LogP contribution in [0.25, 0.3) is 16.9 Å². The number of nitrogens with zero attached hydrogens (tertiary/aromatic N) is 3. The molecule has 0 saturated heterocycles. The zero-order valence-corrected chi connectivity index (χ0v) is 11.9. The number of pyridine rings is 1. The minimum Gasteiger partial charge on any atom is -0.291 e. The predicted octanol–water partition coefficient (Wildman–Crippen LogP) is 4.14. The third-order valence-electron chi connectivity index (χ3n) is 3.47. The molecule has 0 fully saturated rings. The van der Waals surface area contributed by atoms with Gasteiger partial charge in [-0.25, -0.2) is 4.98 Å². The minimum atomic E-state index is 0.528. The first kappa shape index (κ1) is 12.7. The van der Waals surface area contributed by atoms with Crippen molar-refractivity contribution in [3.8, 4) is 17.3 Å². The molecule has 2 heterocycles. The third-order valence-corrected chi connectivity index (χ3v) is 3.71. The van der Waals surface area contributed by atoms with Crippen LogP contribution >= 0.6 is 11.6 Å². The van der Waals surface area contributed by atoms with Crippen LogP contribution in [0.3, 0.4) is 0 Å².